The summed E-state index contributed by atoms with van der Waals surface area (Å²) in [5.41, 5.74) is 4.35. The lowest BCUT2D eigenvalue weighted by atomic mass is 9.95. The van der Waals surface area contributed by atoms with E-state index in [1.54, 1.807) is 0 Å². The number of rotatable bonds is 8. The first-order chi connectivity index (χ1) is 9.12. The average molecular weight is 262 g/mol. The molecule has 0 aromatic heterocycles. The van der Waals surface area contributed by atoms with Crippen LogP contribution in [0.5, 0.6) is 0 Å². The highest BCUT2D eigenvalue weighted by atomic mass is 15.1. The maximum absolute atomic E-state index is 3.48. The summed E-state index contributed by atoms with van der Waals surface area (Å²) in [6.07, 6.45) is 2.35. The zero-order valence-corrected chi connectivity index (χ0v) is 13.3. The van der Waals surface area contributed by atoms with Crippen LogP contribution in [-0.2, 0) is 6.42 Å². The van der Waals surface area contributed by atoms with Gasteiger partial charge in [0, 0.05) is 6.04 Å². The second kappa shape index (κ2) is 8.34. The van der Waals surface area contributed by atoms with Gasteiger partial charge < -0.3 is 10.2 Å². The molecule has 1 unspecified atom stereocenters. The molecule has 0 amide bonds. The van der Waals surface area contributed by atoms with E-state index in [0.717, 1.165) is 19.5 Å². The van der Waals surface area contributed by atoms with Gasteiger partial charge in [0.15, 0.2) is 0 Å². The third kappa shape index (κ3) is 4.96. The van der Waals surface area contributed by atoms with Gasteiger partial charge in [-0.05, 0) is 70.1 Å². The second-order valence-corrected chi connectivity index (χ2v) is 5.38. The molecule has 0 bridgehead atoms. The third-order valence-corrected chi connectivity index (χ3v) is 4.19. The minimum Gasteiger partial charge on any atom is -0.317 e. The molecule has 0 spiro atoms. The Kier molecular flexibility index (Phi) is 7.11. The fourth-order valence-electron chi connectivity index (χ4n) is 2.64. The molecule has 1 rings (SSSR count). The Hall–Kier alpha value is -0.860. The van der Waals surface area contributed by atoms with E-state index in [1.165, 1.54) is 29.7 Å². The summed E-state index contributed by atoms with van der Waals surface area (Å²) in [7, 11) is 2.08. The molecule has 0 saturated heterocycles. The van der Waals surface area contributed by atoms with E-state index >= 15 is 0 Å². The first-order valence-electron chi connectivity index (χ1n) is 7.57. The van der Waals surface area contributed by atoms with E-state index in [4.69, 9.17) is 0 Å². The van der Waals surface area contributed by atoms with Gasteiger partial charge in [0.1, 0.15) is 0 Å². The van der Waals surface area contributed by atoms with Crippen LogP contribution in [0.1, 0.15) is 37.0 Å². The van der Waals surface area contributed by atoms with Crippen molar-refractivity contribution in [2.45, 2.75) is 46.6 Å². The largest absolute Gasteiger partial charge is 0.317 e. The van der Waals surface area contributed by atoms with Gasteiger partial charge in [0.2, 0.25) is 0 Å². The Balaban J connectivity index is 2.61. The summed E-state index contributed by atoms with van der Waals surface area (Å²) in [5.74, 6) is 0. The van der Waals surface area contributed by atoms with Crippen LogP contribution in [0.3, 0.4) is 0 Å². The number of nitrogens with zero attached hydrogens (tertiary/aromatic N) is 1. The lowest BCUT2D eigenvalue weighted by Gasteiger charge is -2.23. The summed E-state index contributed by atoms with van der Waals surface area (Å²) in [6.45, 7) is 12.4. The lowest BCUT2D eigenvalue weighted by molar-refractivity contribution is 0.283. The summed E-state index contributed by atoms with van der Waals surface area (Å²) in [5, 5.41) is 3.48. The molecule has 108 valence electrons. The smallest absolute Gasteiger partial charge is 0.0117 e. The quantitative estimate of drug-likeness (QED) is 0.774. The standard InChI is InChI=1S/C17H30N2/c1-6-19(7-2)12-11-16(18-5)13-17-14(3)9-8-10-15(17)4/h8-10,16,18H,6-7,11-13H2,1-5H3. The highest BCUT2D eigenvalue weighted by Crippen LogP contribution is 2.16. The molecule has 0 fully saturated rings. The molecule has 1 atom stereocenters. The number of likely N-dealkylation sites (N-methyl/N-ethyl adjacent to an activating group) is 1. The van der Waals surface area contributed by atoms with Crippen molar-refractivity contribution in [2.24, 2.45) is 0 Å². The summed E-state index contributed by atoms with van der Waals surface area (Å²) in [6, 6.07) is 7.16. The van der Waals surface area contributed by atoms with Crippen LogP contribution in [0.25, 0.3) is 0 Å². The number of hydrogen-bond acceptors (Lipinski definition) is 2. The van der Waals surface area contributed by atoms with E-state index in [1.807, 2.05) is 0 Å². The Morgan fingerprint density at radius 3 is 2.16 bits per heavy atom. The van der Waals surface area contributed by atoms with Crippen molar-refractivity contribution in [1.82, 2.24) is 10.2 Å². The zero-order chi connectivity index (χ0) is 14.3. The highest BCUT2D eigenvalue weighted by Gasteiger charge is 2.12. The highest BCUT2D eigenvalue weighted by molar-refractivity contribution is 5.34. The normalized spacial score (nSPS) is 12.9. The maximum atomic E-state index is 3.48. The van der Waals surface area contributed by atoms with Crippen LogP contribution in [0, 0.1) is 13.8 Å². The van der Waals surface area contributed by atoms with Crippen molar-refractivity contribution in [3.63, 3.8) is 0 Å². The van der Waals surface area contributed by atoms with Gasteiger partial charge in [0.05, 0.1) is 0 Å². The number of benzene rings is 1. The van der Waals surface area contributed by atoms with Crippen molar-refractivity contribution in [3.8, 4) is 0 Å². The third-order valence-electron chi connectivity index (χ3n) is 4.19. The van der Waals surface area contributed by atoms with Gasteiger partial charge in [0.25, 0.3) is 0 Å². The van der Waals surface area contributed by atoms with Gasteiger partial charge in [-0.2, -0.15) is 0 Å². The number of aryl methyl sites for hydroxylation is 2. The summed E-state index contributed by atoms with van der Waals surface area (Å²) < 4.78 is 0. The van der Waals surface area contributed by atoms with E-state index in [2.05, 4.69) is 63.2 Å². The predicted octanol–water partition coefficient (Wildman–Crippen LogP) is 3.17. The molecule has 2 nitrogen and oxygen atoms in total. The monoisotopic (exact) mass is 262 g/mol. The van der Waals surface area contributed by atoms with Crippen molar-refractivity contribution in [2.75, 3.05) is 26.7 Å². The van der Waals surface area contributed by atoms with Crippen molar-refractivity contribution in [1.29, 1.82) is 0 Å². The van der Waals surface area contributed by atoms with Gasteiger partial charge >= 0.3 is 0 Å². The maximum Gasteiger partial charge on any atom is 0.0117 e. The summed E-state index contributed by atoms with van der Waals surface area (Å²) in [4.78, 5) is 2.50. The fourth-order valence-corrected chi connectivity index (χ4v) is 2.64. The molecule has 19 heavy (non-hydrogen) atoms. The van der Waals surface area contributed by atoms with Gasteiger partial charge in [-0.1, -0.05) is 32.0 Å². The zero-order valence-electron chi connectivity index (χ0n) is 13.3. The van der Waals surface area contributed by atoms with Crippen LogP contribution < -0.4 is 5.32 Å². The van der Waals surface area contributed by atoms with Gasteiger partial charge in [-0.25, -0.2) is 0 Å². The average Bonchev–Trinajstić information content (AvgIpc) is 2.41. The minimum absolute atomic E-state index is 0.570. The lowest BCUT2D eigenvalue weighted by Crippen LogP contribution is -2.34. The van der Waals surface area contributed by atoms with Gasteiger partial charge in [-0.3, -0.25) is 0 Å². The van der Waals surface area contributed by atoms with E-state index in [-0.39, 0.29) is 0 Å². The molecule has 0 aliphatic rings. The van der Waals surface area contributed by atoms with Crippen molar-refractivity contribution < 1.29 is 0 Å². The number of nitrogens with one attached hydrogen (secondary N) is 1. The Bertz CT molecular complexity index is 349. The van der Waals surface area contributed by atoms with Crippen molar-refractivity contribution >= 4 is 0 Å². The Labute approximate surface area is 119 Å². The molecule has 0 aliphatic heterocycles. The topological polar surface area (TPSA) is 15.3 Å². The molecule has 1 aromatic rings. The molecule has 1 N–H and O–H groups in total. The van der Waals surface area contributed by atoms with Gasteiger partial charge in [-0.15, -0.1) is 0 Å². The molecule has 0 saturated carbocycles. The van der Waals surface area contributed by atoms with E-state index in [0.29, 0.717) is 6.04 Å². The molecule has 0 radical (unpaired) electrons. The molecular formula is C17H30N2. The molecule has 0 aliphatic carbocycles. The first-order valence-corrected chi connectivity index (χ1v) is 7.57. The molecule has 0 heterocycles. The van der Waals surface area contributed by atoms with Crippen LogP contribution in [-0.4, -0.2) is 37.6 Å². The second-order valence-electron chi connectivity index (χ2n) is 5.38. The van der Waals surface area contributed by atoms with Crippen molar-refractivity contribution in [3.05, 3.63) is 34.9 Å². The molecule has 2 heteroatoms. The van der Waals surface area contributed by atoms with Crippen LogP contribution in [0.4, 0.5) is 0 Å². The van der Waals surface area contributed by atoms with Crippen LogP contribution in [0.15, 0.2) is 18.2 Å². The minimum atomic E-state index is 0.570. The summed E-state index contributed by atoms with van der Waals surface area (Å²) >= 11 is 0. The van der Waals surface area contributed by atoms with E-state index < -0.39 is 0 Å². The fraction of sp³-hybridized carbons (Fsp3) is 0.647. The Morgan fingerprint density at radius 1 is 1.11 bits per heavy atom. The van der Waals surface area contributed by atoms with Crippen LogP contribution >= 0.6 is 0 Å². The SMILES string of the molecule is CCN(CC)CCC(Cc1c(C)cccc1C)NC. The molecule has 1 aromatic carbocycles. The van der Waals surface area contributed by atoms with Crippen LogP contribution in [0.2, 0.25) is 0 Å². The van der Waals surface area contributed by atoms with E-state index in [9.17, 15) is 0 Å². The number of hydrogen-bond donors (Lipinski definition) is 1. The first kappa shape index (κ1) is 16.2. The predicted molar refractivity (Wildman–Crippen MR) is 84.9 cm³/mol. The Morgan fingerprint density at radius 2 is 1.68 bits per heavy atom. The molecular weight excluding hydrogens is 232 g/mol.